The molecule has 7 heteroatoms. The van der Waals surface area contributed by atoms with E-state index < -0.39 is 0 Å². The molecule has 2 aromatic rings. The highest BCUT2D eigenvalue weighted by Crippen LogP contribution is 2.13. The monoisotopic (exact) mass is 486 g/mol. The van der Waals surface area contributed by atoms with Gasteiger partial charge in [-0.3, -0.25) is 4.99 Å². The molecule has 2 aromatic carbocycles. The quantitative estimate of drug-likeness (QED) is 0.342. The topological polar surface area (TPSA) is 48.9 Å². The standard InChI is InChI=1S/C20H27FN4O.HI/c1-22-20(23-14-16-7-9-18(21)10-8-16)24-15-17-5-4-6-19(13-17)26-12-11-25(2)3;/h4-10,13H,11-12,14-15H2,1-3H3,(H2,22,23,24);1H. The molecular weight excluding hydrogens is 458 g/mol. The summed E-state index contributed by atoms with van der Waals surface area (Å²) in [7, 11) is 5.77. The fourth-order valence-electron chi connectivity index (χ4n) is 2.29. The third-order valence-electron chi connectivity index (χ3n) is 3.76. The van der Waals surface area contributed by atoms with Gasteiger partial charge in [-0.25, -0.2) is 4.39 Å². The second-order valence-corrected chi connectivity index (χ2v) is 6.20. The molecule has 0 fully saturated rings. The number of ether oxygens (including phenoxy) is 1. The van der Waals surface area contributed by atoms with E-state index in [1.165, 1.54) is 12.1 Å². The van der Waals surface area contributed by atoms with Crippen LogP contribution in [-0.4, -0.2) is 45.2 Å². The number of rotatable bonds is 8. The molecule has 0 aliphatic rings. The van der Waals surface area contributed by atoms with Crippen LogP contribution in [0.3, 0.4) is 0 Å². The van der Waals surface area contributed by atoms with Crippen LogP contribution in [0.4, 0.5) is 4.39 Å². The summed E-state index contributed by atoms with van der Waals surface area (Å²) < 4.78 is 18.7. The smallest absolute Gasteiger partial charge is 0.191 e. The van der Waals surface area contributed by atoms with E-state index in [0.717, 1.165) is 23.4 Å². The van der Waals surface area contributed by atoms with Gasteiger partial charge in [0.25, 0.3) is 0 Å². The summed E-state index contributed by atoms with van der Waals surface area (Å²) in [6, 6.07) is 14.4. The van der Waals surface area contributed by atoms with Gasteiger partial charge in [0, 0.05) is 26.7 Å². The lowest BCUT2D eigenvalue weighted by molar-refractivity contribution is 0.261. The number of benzene rings is 2. The van der Waals surface area contributed by atoms with Crippen LogP contribution in [0.1, 0.15) is 11.1 Å². The summed E-state index contributed by atoms with van der Waals surface area (Å²) in [5, 5.41) is 6.49. The highest BCUT2D eigenvalue weighted by atomic mass is 127. The first-order chi connectivity index (χ1) is 12.6. The van der Waals surface area contributed by atoms with Crippen molar-refractivity contribution >= 4 is 29.9 Å². The van der Waals surface area contributed by atoms with Gasteiger partial charge < -0.3 is 20.3 Å². The second-order valence-electron chi connectivity index (χ2n) is 6.20. The van der Waals surface area contributed by atoms with E-state index in [0.29, 0.717) is 25.7 Å². The van der Waals surface area contributed by atoms with Gasteiger partial charge in [-0.05, 0) is 49.5 Å². The first kappa shape index (κ1) is 23.2. The number of aliphatic imine (C=N–C) groups is 1. The summed E-state index contributed by atoms with van der Waals surface area (Å²) in [5.74, 6) is 1.32. The molecule has 5 nitrogen and oxygen atoms in total. The zero-order valence-corrected chi connectivity index (χ0v) is 18.4. The van der Waals surface area contributed by atoms with Crippen LogP contribution < -0.4 is 15.4 Å². The predicted octanol–water partition coefficient (Wildman–Crippen LogP) is 3.25. The Bertz CT molecular complexity index is 707. The highest BCUT2D eigenvalue weighted by molar-refractivity contribution is 14.0. The van der Waals surface area contributed by atoms with Crippen molar-refractivity contribution in [3.63, 3.8) is 0 Å². The van der Waals surface area contributed by atoms with Crippen LogP contribution in [0.5, 0.6) is 5.75 Å². The molecule has 0 amide bonds. The van der Waals surface area contributed by atoms with Crippen molar-refractivity contribution in [2.75, 3.05) is 34.3 Å². The third kappa shape index (κ3) is 9.05. The lowest BCUT2D eigenvalue weighted by atomic mass is 10.2. The van der Waals surface area contributed by atoms with Gasteiger partial charge in [0.05, 0.1) is 0 Å². The van der Waals surface area contributed by atoms with Gasteiger partial charge in [0.15, 0.2) is 5.96 Å². The third-order valence-corrected chi connectivity index (χ3v) is 3.76. The summed E-state index contributed by atoms with van der Waals surface area (Å²) in [5.41, 5.74) is 2.10. The maximum atomic E-state index is 12.9. The molecule has 2 N–H and O–H groups in total. The Morgan fingerprint density at radius 2 is 1.70 bits per heavy atom. The minimum Gasteiger partial charge on any atom is -0.492 e. The van der Waals surface area contributed by atoms with Crippen LogP contribution in [0.15, 0.2) is 53.5 Å². The molecule has 148 valence electrons. The van der Waals surface area contributed by atoms with Gasteiger partial charge in [0.2, 0.25) is 0 Å². The van der Waals surface area contributed by atoms with Gasteiger partial charge in [-0.1, -0.05) is 24.3 Å². The molecule has 0 saturated heterocycles. The molecule has 0 saturated carbocycles. The number of likely N-dealkylation sites (N-methyl/N-ethyl adjacent to an activating group) is 1. The fourth-order valence-corrected chi connectivity index (χ4v) is 2.29. The summed E-state index contributed by atoms with van der Waals surface area (Å²) >= 11 is 0. The Kier molecular flexibility index (Phi) is 10.7. The molecule has 0 aliphatic heterocycles. The molecule has 0 atom stereocenters. The average molecular weight is 486 g/mol. The van der Waals surface area contributed by atoms with E-state index in [-0.39, 0.29) is 29.8 Å². The van der Waals surface area contributed by atoms with Crippen LogP contribution in [0.2, 0.25) is 0 Å². The average Bonchev–Trinajstić information content (AvgIpc) is 2.63. The zero-order valence-electron chi connectivity index (χ0n) is 16.0. The van der Waals surface area contributed by atoms with E-state index in [9.17, 15) is 4.39 Å². The lowest BCUT2D eigenvalue weighted by Gasteiger charge is -2.14. The van der Waals surface area contributed by atoms with E-state index in [1.54, 1.807) is 19.2 Å². The van der Waals surface area contributed by atoms with E-state index in [1.807, 2.05) is 38.4 Å². The fraction of sp³-hybridized carbons (Fsp3) is 0.350. The number of nitrogens with one attached hydrogen (secondary N) is 2. The molecule has 2 rings (SSSR count). The van der Waals surface area contributed by atoms with Crippen molar-refractivity contribution in [1.82, 2.24) is 15.5 Å². The maximum absolute atomic E-state index is 12.9. The van der Waals surface area contributed by atoms with Crippen molar-refractivity contribution in [3.05, 3.63) is 65.5 Å². The van der Waals surface area contributed by atoms with Crippen LogP contribution >= 0.6 is 24.0 Å². The largest absolute Gasteiger partial charge is 0.492 e. The number of hydrogen-bond acceptors (Lipinski definition) is 3. The Balaban J connectivity index is 0.00000364. The van der Waals surface area contributed by atoms with Crippen LogP contribution in [0, 0.1) is 5.82 Å². The first-order valence-electron chi connectivity index (χ1n) is 8.62. The molecule has 0 heterocycles. The SMILES string of the molecule is CN=C(NCc1ccc(F)cc1)NCc1cccc(OCCN(C)C)c1.I. The Morgan fingerprint density at radius 3 is 2.33 bits per heavy atom. The van der Waals surface area contributed by atoms with Crippen molar-refractivity contribution in [1.29, 1.82) is 0 Å². The van der Waals surface area contributed by atoms with Crippen LogP contribution in [0.25, 0.3) is 0 Å². The van der Waals surface area contributed by atoms with Gasteiger partial charge >= 0.3 is 0 Å². The molecule has 0 spiro atoms. The first-order valence-corrected chi connectivity index (χ1v) is 8.62. The molecular formula is C20H28FIN4O. The Hall–Kier alpha value is -1.87. The molecule has 0 unspecified atom stereocenters. The Labute approximate surface area is 178 Å². The highest BCUT2D eigenvalue weighted by Gasteiger charge is 2.02. The minimum absolute atomic E-state index is 0. The number of hydrogen-bond donors (Lipinski definition) is 2. The Morgan fingerprint density at radius 1 is 1.04 bits per heavy atom. The van der Waals surface area contributed by atoms with E-state index in [2.05, 4.69) is 20.5 Å². The van der Waals surface area contributed by atoms with Crippen LogP contribution in [-0.2, 0) is 13.1 Å². The van der Waals surface area contributed by atoms with Gasteiger partial charge in [0.1, 0.15) is 18.2 Å². The molecule has 0 bridgehead atoms. The van der Waals surface area contributed by atoms with Crippen molar-refractivity contribution in [3.8, 4) is 5.75 Å². The predicted molar refractivity (Wildman–Crippen MR) is 119 cm³/mol. The number of halogens is 2. The molecule has 0 aliphatic carbocycles. The minimum atomic E-state index is -0.232. The van der Waals surface area contributed by atoms with Gasteiger partial charge in [-0.15, -0.1) is 24.0 Å². The number of guanidine groups is 1. The normalized spacial score (nSPS) is 11.1. The summed E-state index contributed by atoms with van der Waals surface area (Å²) in [6.45, 7) is 2.74. The van der Waals surface area contributed by atoms with Crippen molar-refractivity contribution < 1.29 is 9.13 Å². The zero-order chi connectivity index (χ0) is 18.8. The maximum Gasteiger partial charge on any atom is 0.191 e. The van der Waals surface area contributed by atoms with E-state index in [4.69, 9.17) is 4.74 Å². The summed E-state index contributed by atoms with van der Waals surface area (Å²) in [4.78, 5) is 6.30. The lowest BCUT2D eigenvalue weighted by Crippen LogP contribution is -2.36. The van der Waals surface area contributed by atoms with Crippen molar-refractivity contribution in [2.24, 2.45) is 4.99 Å². The van der Waals surface area contributed by atoms with E-state index >= 15 is 0 Å². The number of nitrogens with zero attached hydrogens (tertiary/aromatic N) is 2. The molecule has 0 radical (unpaired) electrons. The second kappa shape index (κ2) is 12.5. The van der Waals surface area contributed by atoms with Gasteiger partial charge in [-0.2, -0.15) is 0 Å². The summed E-state index contributed by atoms with van der Waals surface area (Å²) in [6.07, 6.45) is 0. The molecule has 0 aromatic heterocycles. The molecule has 27 heavy (non-hydrogen) atoms. The van der Waals surface area contributed by atoms with Crippen molar-refractivity contribution in [2.45, 2.75) is 13.1 Å².